The maximum absolute atomic E-state index is 12.8. The Kier molecular flexibility index (Phi) is 5.97. The molecule has 0 saturated carbocycles. The summed E-state index contributed by atoms with van der Waals surface area (Å²) in [5, 5.41) is 15.9. The zero-order valence-electron chi connectivity index (χ0n) is 18.7. The predicted octanol–water partition coefficient (Wildman–Crippen LogP) is 3.72. The molecule has 5 rings (SSSR count). The third kappa shape index (κ3) is 4.49. The highest BCUT2D eigenvalue weighted by Crippen LogP contribution is 2.29. The number of fused-ring (bicyclic) bond motifs is 1. The molecule has 8 nitrogen and oxygen atoms in total. The van der Waals surface area contributed by atoms with Gasteiger partial charge in [-0.2, -0.15) is 4.98 Å². The average Bonchev–Trinajstić information content (AvgIpc) is 3.54. The Hall–Kier alpha value is -4.17. The fraction of sp³-hybridized carbons (Fsp3) is 0.192. The summed E-state index contributed by atoms with van der Waals surface area (Å²) in [6.45, 7) is 2.43. The quantitative estimate of drug-likeness (QED) is 0.393. The fourth-order valence-corrected chi connectivity index (χ4v) is 3.95. The Morgan fingerprint density at radius 3 is 2.88 bits per heavy atom. The van der Waals surface area contributed by atoms with E-state index in [0.717, 1.165) is 29.0 Å². The minimum absolute atomic E-state index is 0.190. The van der Waals surface area contributed by atoms with Crippen LogP contribution in [0.15, 0.2) is 73.2 Å². The smallest absolute Gasteiger partial charge is 0.253 e. The summed E-state index contributed by atoms with van der Waals surface area (Å²) in [7, 11) is 0. The molecule has 1 amide bonds. The van der Waals surface area contributed by atoms with Crippen LogP contribution in [0.4, 0.5) is 11.6 Å². The van der Waals surface area contributed by atoms with Gasteiger partial charge < -0.3 is 25.0 Å². The number of rotatable bonds is 7. The first-order valence-electron chi connectivity index (χ1n) is 11.1. The summed E-state index contributed by atoms with van der Waals surface area (Å²) in [4.78, 5) is 21.9. The van der Waals surface area contributed by atoms with Crippen molar-refractivity contribution in [3.8, 4) is 11.6 Å². The van der Waals surface area contributed by atoms with Gasteiger partial charge in [0.2, 0.25) is 5.95 Å². The molecule has 3 heterocycles. The summed E-state index contributed by atoms with van der Waals surface area (Å²) in [5.74, 6) is 1.72. The van der Waals surface area contributed by atoms with Crippen LogP contribution in [-0.4, -0.2) is 38.8 Å². The zero-order valence-corrected chi connectivity index (χ0v) is 18.7. The van der Waals surface area contributed by atoms with E-state index in [2.05, 4.69) is 20.6 Å². The van der Waals surface area contributed by atoms with Crippen LogP contribution in [-0.2, 0) is 6.42 Å². The van der Waals surface area contributed by atoms with Crippen molar-refractivity contribution in [1.82, 2.24) is 19.9 Å². The SMILES string of the molecule is Cc1cnc(Nc2ccc3c(c2)OCC3)nc1-n1ccc(C(=O)NC(CO)c2ccccc2)c1. The number of ether oxygens (including phenoxy) is 1. The topological polar surface area (TPSA) is 101 Å². The number of nitrogens with zero attached hydrogens (tertiary/aromatic N) is 3. The number of anilines is 2. The number of aliphatic hydroxyl groups is 1. The van der Waals surface area contributed by atoms with Gasteiger partial charge in [-0.15, -0.1) is 0 Å². The molecule has 1 unspecified atom stereocenters. The van der Waals surface area contributed by atoms with Crippen molar-refractivity contribution in [3.05, 3.63) is 95.4 Å². The second-order valence-electron chi connectivity index (χ2n) is 8.17. The molecule has 34 heavy (non-hydrogen) atoms. The zero-order chi connectivity index (χ0) is 23.5. The number of carbonyl (C=O) groups is 1. The summed E-state index contributed by atoms with van der Waals surface area (Å²) in [5.41, 5.74) is 4.22. The van der Waals surface area contributed by atoms with Crippen LogP contribution in [0.5, 0.6) is 5.75 Å². The highest BCUT2D eigenvalue weighted by Gasteiger charge is 2.17. The van der Waals surface area contributed by atoms with Crippen LogP contribution < -0.4 is 15.4 Å². The predicted molar refractivity (Wildman–Crippen MR) is 129 cm³/mol. The van der Waals surface area contributed by atoms with Gasteiger partial charge in [-0.3, -0.25) is 4.79 Å². The maximum atomic E-state index is 12.8. The molecule has 172 valence electrons. The number of aryl methyl sites for hydroxylation is 1. The van der Waals surface area contributed by atoms with Gasteiger partial charge >= 0.3 is 0 Å². The molecule has 0 radical (unpaired) electrons. The fourth-order valence-electron chi connectivity index (χ4n) is 3.95. The van der Waals surface area contributed by atoms with Gasteiger partial charge in [0.15, 0.2) is 0 Å². The van der Waals surface area contributed by atoms with E-state index in [-0.39, 0.29) is 12.5 Å². The highest BCUT2D eigenvalue weighted by atomic mass is 16.5. The van der Waals surface area contributed by atoms with Crippen molar-refractivity contribution in [2.45, 2.75) is 19.4 Å². The molecule has 0 saturated heterocycles. The van der Waals surface area contributed by atoms with Crippen LogP contribution >= 0.6 is 0 Å². The van der Waals surface area contributed by atoms with Crippen molar-refractivity contribution in [3.63, 3.8) is 0 Å². The molecule has 0 spiro atoms. The van der Waals surface area contributed by atoms with Crippen molar-refractivity contribution in [1.29, 1.82) is 0 Å². The molecule has 3 N–H and O–H groups in total. The number of hydrogen-bond donors (Lipinski definition) is 3. The van der Waals surface area contributed by atoms with E-state index in [9.17, 15) is 9.90 Å². The van der Waals surface area contributed by atoms with Gasteiger partial charge in [0.05, 0.1) is 24.8 Å². The van der Waals surface area contributed by atoms with E-state index < -0.39 is 6.04 Å². The molecule has 1 atom stereocenters. The first-order valence-corrected chi connectivity index (χ1v) is 11.1. The summed E-state index contributed by atoms with van der Waals surface area (Å²) >= 11 is 0. The summed E-state index contributed by atoms with van der Waals surface area (Å²) in [6, 6.07) is 16.6. The van der Waals surface area contributed by atoms with E-state index in [4.69, 9.17) is 4.74 Å². The van der Waals surface area contributed by atoms with Gasteiger partial charge in [-0.1, -0.05) is 36.4 Å². The molecule has 1 aliphatic rings. The van der Waals surface area contributed by atoms with E-state index in [0.29, 0.717) is 23.9 Å². The van der Waals surface area contributed by atoms with E-state index in [1.807, 2.05) is 55.5 Å². The third-order valence-corrected chi connectivity index (χ3v) is 5.79. The monoisotopic (exact) mass is 455 g/mol. The molecular formula is C26H25N5O3. The Morgan fingerprint density at radius 2 is 2.06 bits per heavy atom. The number of aromatic nitrogens is 3. The highest BCUT2D eigenvalue weighted by molar-refractivity contribution is 5.94. The van der Waals surface area contributed by atoms with E-state index in [1.54, 1.807) is 29.2 Å². The molecule has 2 aromatic carbocycles. The van der Waals surface area contributed by atoms with E-state index in [1.165, 1.54) is 5.56 Å². The molecule has 0 bridgehead atoms. The molecule has 1 aliphatic heterocycles. The summed E-state index contributed by atoms with van der Waals surface area (Å²) in [6.07, 6.45) is 6.17. The van der Waals surface area contributed by atoms with Crippen LogP contribution in [0.3, 0.4) is 0 Å². The average molecular weight is 456 g/mol. The van der Waals surface area contributed by atoms with Crippen molar-refractivity contribution in [2.24, 2.45) is 0 Å². The largest absolute Gasteiger partial charge is 0.493 e. The Morgan fingerprint density at radius 1 is 1.21 bits per heavy atom. The molecular weight excluding hydrogens is 430 g/mol. The third-order valence-electron chi connectivity index (χ3n) is 5.79. The van der Waals surface area contributed by atoms with Crippen LogP contribution in [0.25, 0.3) is 5.82 Å². The number of carbonyl (C=O) groups excluding carboxylic acids is 1. The normalized spacial score (nSPS) is 13.1. The molecule has 4 aromatic rings. The molecule has 0 aliphatic carbocycles. The number of benzene rings is 2. The minimum Gasteiger partial charge on any atom is -0.493 e. The molecule has 0 fully saturated rings. The second kappa shape index (κ2) is 9.36. The Bertz CT molecular complexity index is 1320. The Balaban J connectivity index is 1.33. The Labute approximate surface area is 197 Å². The second-order valence-corrected chi connectivity index (χ2v) is 8.17. The van der Waals surface area contributed by atoms with E-state index >= 15 is 0 Å². The lowest BCUT2D eigenvalue weighted by Gasteiger charge is -2.16. The van der Waals surface area contributed by atoms with Gasteiger partial charge in [-0.05, 0) is 30.2 Å². The lowest BCUT2D eigenvalue weighted by Crippen LogP contribution is -2.30. The minimum atomic E-state index is -0.482. The summed E-state index contributed by atoms with van der Waals surface area (Å²) < 4.78 is 7.43. The van der Waals surface area contributed by atoms with Gasteiger partial charge in [0.1, 0.15) is 11.6 Å². The first-order chi connectivity index (χ1) is 16.6. The molecule has 8 heteroatoms. The van der Waals surface area contributed by atoms with Crippen molar-refractivity contribution in [2.75, 3.05) is 18.5 Å². The van der Waals surface area contributed by atoms with Gasteiger partial charge in [0.25, 0.3) is 5.91 Å². The van der Waals surface area contributed by atoms with Gasteiger partial charge in [0, 0.05) is 42.3 Å². The lowest BCUT2D eigenvalue weighted by atomic mass is 10.1. The van der Waals surface area contributed by atoms with Gasteiger partial charge in [-0.25, -0.2) is 4.98 Å². The molecule has 2 aromatic heterocycles. The first kappa shape index (κ1) is 21.7. The number of hydrogen-bond acceptors (Lipinski definition) is 6. The van der Waals surface area contributed by atoms with Crippen LogP contribution in [0, 0.1) is 6.92 Å². The standard InChI is InChI=1S/C26H25N5O3/c1-17-14-27-26(28-21-8-7-19-10-12-34-23(19)13-21)30-24(17)31-11-9-20(15-31)25(33)29-22(16-32)18-5-3-2-4-6-18/h2-9,11,13-15,22,32H,10,12,16H2,1H3,(H,29,33)(H,27,28,30). The number of amides is 1. The lowest BCUT2D eigenvalue weighted by molar-refractivity contribution is 0.0916. The number of nitrogens with one attached hydrogen (secondary N) is 2. The maximum Gasteiger partial charge on any atom is 0.253 e. The number of aliphatic hydroxyl groups excluding tert-OH is 1. The van der Waals surface area contributed by atoms with Crippen LogP contribution in [0.2, 0.25) is 0 Å². The van der Waals surface area contributed by atoms with Crippen molar-refractivity contribution < 1.29 is 14.6 Å². The van der Waals surface area contributed by atoms with Crippen molar-refractivity contribution >= 4 is 17.5 Å². The van der Waals surface area contributed by atoms with Crippen LogP contribution in [0.1, 0.15) is 33.1 Å².